The minimum absolute atomic E-state index is 0.131. The average molecular weight is 421 g/mol. The normalized spacial score (nSPS) is 24.8. The van der Waals surface area contributed by atoms with E-state index in [2.05, 4.69) is 29.2 Å². The minimum Gasteiger partial charge on any atom is -0.342 e. The quantitative estimate of drug-likeness (QED) is 0.743. The van der Waals surface area contributed by atoms with Crippen LogP contribution in [-0.2, 0) is 4.79 Å². The van der Waals surface area contributed by atoms with Crippen molar-refractivity contribution in [3.8, 4) is 0 Å². The monoisotopic (exact) mass is 420 g/mol. The van der Waals surface area contributed by atoms with Crippen molar-refractivity contribution in [2.75, 3.05) is 25.4 Å². The van der Waals surface area contributed by atoms with Crippen LogP contribution in [0.25, 0.3) is 0 Å². The molecule has 0 radical (unpaired) electrons. The average Bonchev–Trinajstić information content (AvgIpc) is 3.49. The highest BCUT2D eigenvalue weighted by Gasteiger charge is 2.50. The van der Waals surface area contributed by atoms with E-state index in [9.17, 15) is 9.59 Å². The second kappa shape index (κ2) is 7.77. The van der Waals surface area contributed by atoms with Gasteiger partial charge in [0, 0.05) is 36.9 Å². The van der Waals surface area contributed by atoms with E-state index >= 15 is 0 Å². The Morgan fingerprint density at radius 1 is 0.967 bits per heavy atom. The molecule has 2 aromatic rings. The van der Waals surface area contributed by atoms with Crippen LogP contribution >= 0.6 is 11.8 Å². The Kier molecular flexibility index (Phi) is 5.10. The highest BCUT2D eigenvalue weighted by Crippen LogP contribution is 2.50. The largest absolute Gasteiger partial charge is 0.342 e. The van der Waals surface area contributed by atoms with Crippen molar-refractivity contribution >= 4 is 23.6 Å². The predicted molar refractivity (Wildman–Crippen MR) is 121 cm³/mol. The maximum atomic E-state index is 13.2. The van der Waals surface area contributed by atoms with Gasteiger partial charge in [-0.05, 0) is 49.8 Å². The van der Waals surface area contributed by atoms with Gasteiger partial charge in [-0.1, -0.05) is 48.0 Å². The smallest absolute Gasteiger partial charge is 0.254 e. The number of carbonyl (C=O) groups excluding carboxylic acids is 2. The zero-order chi connectivity index (χ0) is 20.7. The fourth-order valence-corrected chi connectivity index (χ4v) is 6.46. The number of piperidine rings is 1. The highest BCUT2D eigenvalue weighted by molar-refractivity contribution is 8.00. The standard InChI is InChI=1S/C25H28N2O2S/c1-18-7-9-20(10-8-18)23(28)27-15-16-30-25(27)11-13-26(14-12-25)24(29)22-17-21(22)19-5-3-2-4-6-19/h2-10,21-22H,11-17H2,1H3/t21-,22-/m0/s1. The molecule has 1 aliphatic carbocycles. The van der Waals surface area contributed by atoms with E-state index in [1.807, 2.05) is 53.9 Å². The SMILES string of the molecule is Cc1ccc(C(=O)N2CCSC23CCN(C(=O)[C@H]2C[C@H]2c2ccccc2)CC3)cc1. The third-order valence-electron chi connectivity index (χ3n) is 6.91. The maximum Gasteiger partial charge on any atom is 0.254 e. The molecule has 156 valence electrons. The summed E-state index contributed by atoms with van der Waals surface area (Å²) >= 11 is 1.90. The van der Waals surface area contributed by atoms with Gasteiger partial charge in [-0.3, -0.25) is 9.59 Å². The van der Waals surface area contributed by atoms with Crippen molar-refractivity contribution in [3.05, 3.63) is 71.3 Å². The molecule has 4 nitrogen and oxygen atoms in total. The van der Waals surface area contributed by atoms with Gasteiger partial charge in [-0.25, -0.2) is 0 Å². The first kappa shape index (κ1) is 19.7. The van der Waals surface area contributed by atoms with Gasteiger partial charge in [-0.2, -0.15) is 0 Å². The first-order chi connectivity index (χ1) is 14.6. The fraction of sp³-hybridized carbons (Fsp3) is 0.440. The van der Waals surface area contributed by atoms with Gasteiger partial charge in [0.1, 0.15) is 0 Å². The number of likely N-dealkylation sites (tertiary alicyclic amines) is 1. The molecule has 5 rings (SSSR count). The third-order valence-corrected chi connectivity index (χ3v) is 8.47. The maximum absolute atomic E-state index is 13.2. The van der Waals surface area contributed by atoms with Crippen LogP contribution in [0.4, 0.5) is 0 Å². The number of benzene rings is 2. The van der Waals surface area contributed by atoms with E-state index in [0.29, 0.717) is 11.8 Å². The lowest BCUT2D eigenvalue weighted by Gasteiger charge is -2.44. The Morgan fingerprint density at radius 2 is 1.67 bits per heavy atom. The number of rotatable bonds is 3. The topological polar surface area (TPSA) is 40.6 Å². The van der Waals surface area contributed by atoms with Gasteiger partial charge in [0.15, 0.2) is 0 Å². The third kappa shape index (κ3) is 3.53. The van der Waals surface area contributed by atoms with E-state index < -0.39 is 0 Å². The molecule has 1 saturated carbocycles. The molecule has 0 N–H and O–H groups in total. The molecule has 0 unspecified atom stereocenters. The Balaban J connectivity index is 1.23. The van der Waals surface area contributed by atoms with Crippen LogP contribution < -0.4 is 0 Å². The molecule has 0 aromatic heterocycles. The summed E-state index contributed by atoms with van der Waals surface area (Å²) in [5, 5.41) is 0. The lowest BCUT2D eigenvalue weighted by molar-refractivity contribution is -0.134. The van der Waals surface area contributed by atoms with Crippen molar-refractivity contribution in [2.45, 2.75) is 37.0 Å². The summed E-state index contributed by atoms with van der Waals surface area (Å²) in [4.78, 5) is 30.2. The lowest BCUT2D eigenvalue weighted by atomic mass is 10.00. The molecular formula is C25H28N2O2S. The summed E-state index contributed by atoms with van der Waals surface area (Å²) in [5.74, 6) is 1.94. The molecule has 3 fully saturated rings. The summed E-state index contributed by atoms with van der Waals surface area (Å²) in [6, 6.07) is 18.3. The number of hydrogen-bond acceptors (Lipinski definition) is 3. The Morgan fingerprint density at radius 3 is 2.37 bits per heavy atom. The van der Waals surface area contributed by atoms with Gasteiger partial charge in [0.25, 0.3) is 5.91 Å². The highest BCUT2D eigenvalue weighted by atomic mass is 32.2. The number of hydrogen-bond donors (Lipinski definition) is 0. The lowest BCUT2D eigenvalue weighted by Crippen LogP contribution is -2.53. The molecule has 2 aromatic carbocycles. The molecule has 5 heteroatoms. The zero-order valence-corrected chi connectivity index (χ0v) is 18.2. The van der Waals surface area contributed by atoms with Crippen molar-refractivity contribution in [2.24, 2.45) is 5.92 Å². The van der Waals surface area contributed by atoms with E-state index in [4.69, 9.17) is 0 Å². The molecule has 2 aliphatic heterocycles. The second-order valence-corrected chi connectivity index (χ2v) is 10.3. The van der Waals surface area contributed by atoms with E-state index in [0.717, 1.165) is 55.8 Å². The van der Waals surface area contributed by atoms with Crippen LogP contribution in [0, 0.1) is 12.8 Å². The second-order valence-electron chi connectivity index (χ2n) is 8.80. The number of aryl methyl sites for hydroxylation is 1. The zero-order valence-electron chi connectivity index (χ0n) is 17.4. The first-order valence-corrected chi connectivity index (χ1v) is 11.9. The minimum atomic E-state index is -0.152. The van der Waals surface area contributed by atoms with Gasteiger partial charge in [0.2, 0.25) is 5.91 Å². The van der Waals surface area contributed by atoms with Crippen molar-refractivity contribution < 1.29 is 9.59 Å². The molecule has 3 aliphatic rings. The van der Waals surface area contributed by atoms with Crippen LogP contribution in [0.3, 0.4) is 0 Å². The van der Waals surface area contributed by atoms with Crippen molar-refractivity contribution in [3.63, 3.8) is 0 Å². The molecule has 30 heavy (non-hydrogen) atoms. The van der Waals surface area contributed by atoms with Crippen LogP contribution in [0.2, 0.25) is 0 Å². The summed E-state index contributed by atoms with van der Waals surface area (Å²) in [5.41, 5.74) is 3.22. The Labute approximate surface area is 182 Å². The molecule has 2 saturated heterocycles. The molecule has 2 amide bonds. The Bertz CT molecular complexity index is 935. The number of amides is 2. The number of thioether (sulfide) groups is 1. The summed E-state index contributed by atoms with van der Waals surface area (Å²) in [6.45, 7) is 4.34. The van der Waals surface area contributed by atoms with Gasteiger partial charge >= 0.3 is 0 Å². The predicted octanol–water partition coefficient (Wildman–Crippen LogP) is 4.31. The molecule has 2 heterocycles. The summed E-state index contributed by atoms with van der Waals surface area (Å²) in [6.07, 6.45) is 2.70. The van der Waals surface area contributed by atoms with Gasteiger partial charge in [0.05, 0.1) is 4.87 Å². The fourth-order valence-electron chi connectivity index (χ4n) is 5.01. The molecular weight excluding hydrogens is 392 g/mol. The summed E-state index contributed by atoms with van der Waals surface area (Å²) < 4.78 is 0. The van der Waals surface area contributed by atoms with Crippen LogP contribution in [0.1, 0.15) is 46.7 Å². The number of carbonyl (C=O) groups is 2. The van der Waals surface area contributed by atoms with E-state index in [-0.39, 0.29) is 16.7 Å². The number of nitrogens with zero attached hydrogens (tertiary/aromatic N) is 2. The van der Waals surface area contributed by atoms with Crippen LogP contribution in [0.5, 0.6) is 0 Å². The molecule has 0 bridgehead atoms. The molecule has 2 atom stereocenters. The van der Waals surface area contributed by atoms with Crippen molar-refractivity contribution in [1.29, 1.82) is 0 Å². The van der Waals surface area contributed by atoms with E-state index in [1.165, 1.54) is 5.56 Å². The first-order valence-electron chi connectivity index (χ1n) is 10.9. The van der Waals surface area contributed by atoms with E-state index in [1.54, 1.807) is 0 Å². The summed E-state index contributed by atoms with van der Waals surface area (Å²) in [7, 11) is 0. The van der Waals surface area contributed by atoms with Crippen molar-refractivity contribution in [1.82, 2.24) is 9.80 Å². The Hall–Kier alpha value is -2.27. The van der Waals surface area contributed by atoms with Crippen LogP contribution in [-0.4, -0.2) is 51.9 Å². The van der Waals surface area contributed by atoms with Crippen LogP contribution in [0.15, 0.2) is 54.6 Å². The van der Waals surface area contributed by atoms with Gasteiger partial charge < -0.3 is 9.80 Å². The van der Waals surface area contributed by atoms with Gasteiger partial charge in [-0.15, -0.1) is 11.8 Å². The molecule has 1 spiro atoms.